The number of likely N-dealkylation sites (tertiary alicyclic amines) is 1. The number of rotatable bonds is 1. The molecule has 1 aliphatic heterocycles. The van der Waals surface area contributed by atoms with Gasteiger partial charge in [-0.15, -0.1) is 0 Å². The molecule has 2 rings (SSSR count). The molecular weight excluding hydrogens is 268 g/mol. The van der Waals surface area contributed by atoms with E-state index in [1.165, 1.54) is 0 Å². The van der Waals surface area contributed by atoms with Gasteiger partial charge >= 0.3 is 0 Å². The maximum atomic E-state index is 12.6. The van der Waals surface area contributed by atoms with Crippen LogP contribution in [0.5, 0.6) is 0 Å². The number of hydrogen-bond donors (Lipinski definition) is 2. The van der Waals surface area contributed by atoms with Crippen LogP contribution in [0.15, 0.2) is 18.3 Å². The van der Waals surface area contributed by atoms with Crippen LogP contribution < -0.4 is 0 Å². The Morgan fingerprint density at radius 2 is 2.29 bits per heavy atom. The number of hydrogen-bond acceptors (Lipinski definition) is 4. The Kier molecular flexibility index (Phi) is 4.94. The second-order valence-corrected chi connectivity index (χ2v) is 5.50. The van der Waals surface area contributed by atoms with Crippen LogP contribution in [0.2, 0.25) is 0 Å². The van der Waals surface area contributed by atoms with Crippen LogP contribution in [0.1, 0.15) is 42.2 Å². The molecular formula is C16H20N2O3. The topological polar surface area (TPSA) is 73.7 Å². The van der Waals surface area contributed by atoms with Crippen molar-refractivity contribution in [3.05, 3.63) is 29.6 Å². The van der Waals surface area contributed by atoms with E-state index in [9.17, 15) is 9.90 Å². The van der Waals surface area contributed by atoms with Crippen molar-refractivity contribution >= 4 is 5.91 Å². The Labute approximate surface area is 124 Å². The Morgan fingerprint density at radius 3 is 3.05 bits per heavy atom. The van der Waals surface area contributed by atoms with E-state index in [-0.39, 0.29) is 12.5 Å². The first kappa shape index (κ1) is 15.5. The third-order valence-electron chi connectivity index (χ3n) is 3.66. The van der Waals surface area contributed by atoms with E-state index in [4.69, 9.17) is 5.11 Å². The number of pyridine rings is 1. The average molecular weight is 288 g/mol. The van der Waals surface area contributed by atoms with Crippen molar-refractivity contribution in [1.82, 2.24) is 9.88 Å². The summed E-state index contributed by atoms with van der Waals surface area (Å²) in [6, 6.07) is 3.43. The smallest absolute Gasteiger partial charge is 0.273 e. The van der Waals surface area contributed by atoms with E-state index in [1.807, 2.05) is 0 Å². The number of amides is 1. The van der Waals surface area contributed by atoms with Crippen LogP contribution in [0.25, 0.3) is 0 Å². The molecule has 2 N–H and O–H groups in total. The average Bonchev–Trinajstić information content (AvgIpc) is 2.65. The van der Waals surface area contributed by atoms with Crippen LogP contribution >= 0.6 is 0 Å². The zero-order valence-corrected chi connectivity index (χ0v) is 12.2. The molecule has 0 bridgehead atoms. The molecule has 112 valence electrons. The summed E-state index contributed by atoms with van der Waals surface area (Å²) in [6.07, 6.45) is 3.58. The molecule has 0 radical (unpaired) electrons. The molecule has 1 atom stereocenters. The van der Waals surface area contributed by atoms with Crippen molar-refractivity contribution in [2.24, 2.45) is 0 Å². The predicted molar refractivity (Wildman–Crippen MR) is 78.6 cm³/mol. The van der Waals surface area contributed by atoms with Gasteiger partial charge in [0.05, 0.1) is 11.2 Å². The van der Waals surface area contributed by atoms with Crippen molar-refractivity contribution in [1.29, 1.82) is 0 Å². The normalized spacial score (nSPS) is 22.1. The maximum Gasteiger partial charge on any atom is 0.273 e. The summed E-state index contributed by atoms with van der Waals surface area (Å²) in [4.78, 5) is 18.5. The van der Waals surface area contributed by atoms with Crippen LogP contribution in [0, 0.1) is 11.8 Å². The highest BCUT2D eigenvalue weighted by Crippen LogP contribution is 2.22. The molecule has 1 aromatic rings. The fourth-order valence-electron chi connectivity index (χ4n) is 2.43. The molecule has 1 aromatic heterocycles. The molecule has 21 heavy (non-hydrogen) atoms. The van der Waals surface area contributed by atoms with Gasteiger partial charge in [-0.3, -0.25) is 4.79 Å². The Balaban J connectivity index is 2.20. The first-order valence-corrected chi connectivity index (χ1v) is 7.10. The number of carbonyl (C=O) groups is 1. The molecule has 5 heteroatoms. The standard InChI is InChI=1S/C16H20N2O3/c1-16(21)7-4-10-18(11-8-16)15(20)14-13(6-3-12-19)5-2-9-17-14/h2,5,9,19,21H,4,7-8,10-12H2,1H3. The number of carbonyl (C=O) groups excluding carboxylic acids is 1. The monoisotopic (exact) mass is 288 g/mol. The SMILES string of the molecule is CC1(O)CCCN(C(=O)c2ncccc2C#CCO)CC1. The van der Waals surface area contributed by atoms with Gasteiger partial charge in [-0.25, -0.2) is 4.98 Å². The van der Waals surface area contributed by atoms with E-state index in [2.05, 4.69) is 16.8 Å². The number of aromatic nitrogens is 1. The molecule has 0 saturated carbocycles. The van der Waals surface area contributed by atoms with Gasteiger partial charge in [0.2, 0.25) is 0 Å². The largest absolute Gasteiger partial charge is 0.390 e. The fourth-order valence-corrected chi connectivity index (χ4v) is 2.43. The molecule has 0 aliphatic carbocycles. The minimum absolute atomic E-state index is 0.171. The zero-order valence-electron chi connectivity index (χ0n) is 12.2. The zero-order chi connectivity index (χ0) is 15.3. The molecule has 1 amide bonds. The highest BCUT2D eigenvalue weighted by molar-refractivity contribution is 5.94. The summed E-state index contributed by atoms with van der Waals surface area (Å²) >= 11 is 0. The summed E-state index contributed by atoms with van der Waals surface area (Å²) in [5, 5.41) is 18.9. The minimum Gasteiger partial charge on any atom is -0.390 e. The lowest BCUT2D eigenvalue weighted by molar-refractivity contribution is 0.0437. The molecule has 0 spiro atoms. The lowest BCUT2D eigenvalue weighted by Gasteiger charge is -2.22. The number of nitrogens with zero attached hydrogens (tertiary/aromatic N) is 2. The van der Waals surface area contributed by atoms with Gasteiger partial charge in [0.25, 0.3) is 5.91 Å². The summed E-state index contributed by atoms with van der Waals surface area (Å²) < 4.78 is 0. The van der Waals surface area contributed by atoms with Crippen molar-refractivity contribution in [3.8, 4) is 11.8 Å². The minimum atomic E-state index is -0.710. The number of aliphatic hydroxyl groups excluding tert-OH is 1. The molecule has 1 saturated heterocycles. The van der Waals surface area contributed by atoms with Crippen molar-refractivity contribution in [3.63, 3.8) is 0 Å². The van der Waals surface area contributed by atoms with E-state index >= 15 is 0 Å². The fraction of sp³-hybridized carbons (Fsp3) is 0.500. The summed E-state index contributed by atoms with van der Waals surface area (Å²) in [5.41, 5.74) is 0.117. The third-order valence-corrected chi connectivity index (χ3v) is 3.66. The van der Waals surface area contributed by atoms with Crippen LogP contribution in [0.3, 0.4) is 0 Å². The number of aliphatic hydroxyl groups is 2. The second kappa shape index (κ2) is 6.70. The molecule has 1 unspecified atom stereocenters. The van der Waals surface area contributed by atoms with Crippen LogP contribution in [-0.4, -0.2) is 51.3 Å². The summed E-state index contributed by atoms with van der Waals surface area (Å²) in [7, 11) is 0. The first-order chi connectivity index (χ1) is 10.0. The molecule has 0 aromatic carbocycles. The second-order valence-electron chi connectivity index (χ2n) is 5.50. The van der Waals surface area contributed by atoms with E-state index < -0.39 is 5.60 Å². The van der Waals surface area contributed by atoms with E-state index in [1.54, 1.807) is 30.2 Å². The quantitative estimate of drug-likeness (QED) is 0.750. The van der Waals surface area contributed by atoms with Crippen molar-refractivity contribution in [2.75, 3.05) is 19.7 Å². The Morgan fingerprint density at radius 1 is 1.48 bits per heavy atom. The van der Waals surface area contributed by atoms with Gasteiger partial charge in [-0.05, 0) is 38.3 Å². The van der Waals surface area contributed by atoms with Gasteiger partial charge in [-0.1, -0.05) is 11.8 Å². The highest BCUT2D eigenvalue weighted by Gasteiger charge is 2.28. The third kappa shape index (κ3) is 4.03. The first-order valence-electron chi connectivity index (χ1n) is 7.10. The highest BCUT2D eigenvalue weighted by atomic mass is 16.3. The maximum absolute atomic E-state index is 12.6. The Hall–Kier alpha value is -1.90. The molecule has 2 heterocycles. The van der Waals surface area contributed by atoms with Gasteiger partial charge < -0.3 is 15.1 Å². The lowest BCUT2D eigenvalue weighted by Crippen LogP contribution is -2.34. The molecule has 1 fully saturated rings. The van der Waals surface area contributed by atoms with Gasteiger partial charge in [0.15, 0.2) is 0 Å². The summed E-state index contributed by atoms with van der Waals surface area (Å²) in [5.74, 6) is 5.13. The van der Waals surface area contributed by atoms with E-state index in [0.29, 0.717) is 37.2 Å². The van der Waals surface area contributed by atoms with Gasteiger partial charge in [0.1, 0.15) is 12.3 Å². The van der Waals surface area contributed by atoms with Crippen molar-refractivity contribution in [2.45, 2.75) is 31.8 Å². The molecule has 1 aliphatic rings. The van der Waals surface area contributed by atoms with Gasteiger partial charge in [-0.2, -0.15) is 0 Å². The molecule has 5 nitrogen and oxygen atoms in total. The van der Waals surface area contributed by atoms with Gasteiger partial charge in [0, 0.05) is 19.3 Å². The lowest BCUT2D eigenvalue weighted by atomic mass is 9.98. The van der Waals surface area contributed by atoms with Crippen molar-refractivity contribution < 1.29 is 15.0 Å². The summed E-state index contributed by atoms with van der Waals surface area (Å²) in [6.45, 7) is 2.67. The Bertz CT molecular complexity index is 572. The van der Waals surface area contributed by atoms with E-state index in [0.717, 1.165) is 6.42 Å². The predicted octanol–water partition coefficient (Wildman–Crippen LogP) is 0.802. The van der Waals surface area contributed by atoms with Crippen LogP contribution in [0.4, 0.5) is 0 Å². The van der Waals surface area contributed by atoms with Crippen LogP contribution in [-0.2, 0) is 0 Å².